The van der Waals surface area contributed by atoms with Gasteiger partial charge in [-0.25, -0.2) is 0 Å². The molecule has 96 valence electrons. The van der Waals surface area contributed by atoms with Gasteiger partial charge in [-0.05, 0) is 25.2 Å². The lowest BCUT2D eigenvalue weighted by atomic mass is 9.75. The summed E-state index contributed by atoms with van der Waals surface area (Å²) in [4.78, 5) is 0. The maximum atomic E-state index is 12.8. The van der Waals surface area contributed by atoms with E-state index in [1.807, 2.05) is 6.92 Å². The van der Waals surface area contributed by atoms with Crippen molar-refractivity contribution in [3.8, 4) is 0 Å². The second-order valence-electron chi connectivity index (χ2n) is 4.81. The minimum absolute atomic E-state index is 0.192. The van der Waals surface area contributed by atoms with Gasteiger partial charge in [0.05, 0.1) is 12.0 Å². The first-order chi connectivity index (χ1) is 7.46. The summed E-state index contributed by atoms with van der Waals surface area (Å²) in [5, 5.41) is 9.84. The first kappa shape index (κ1) is 13.8. The van der Waals surface area contributed by atoms with Crippen LogP contribution in [-0.2, 0) is 0 Å². The van der Waals surface area contributed by atoms with Crippen molar-refractivity contribution in [2.75, 3.05) is 0 Å². The number of alkyl halides is 3. The highest BCUT2D eigenvalue weighted by molar-refractivity contribution is 4.84. The Morgan fingerprint density at radius 3 is 2.44 bits per heavy atom. The van der Waals surface area contributed by atoms with Crippen LogP contribution in [0, 0.1) is 11.8 Å². The second-order valence-corrected chi connectivity index (χ2v) is 4.81. The molecule has 0 aromatic heterocycles. The summed E-state index contributed by atoms with van der Waals surface area (Å²) in [6, 6.07) is 0. The van der Waals surface area contributed by atoms with Crippen molar-refractivity contribution < 1.29 is 18.3 Å². The molecule has 1 aliphatic rings. The van der Waals surface area contributed by atoms with Gasteiger partial charge < -0.3 is 5.11 Å². The first-order valence-corrected chi connectivity index (χ1v) is 6.21. The molecule has 0 aromatic rings. The maximum absolute atomic E-state index is 12.8. The molecular formula is C12H21F3O. The average molecular weight is 238 g/mol. The Kier molecular flexibility index (Phi) is 5.09. The summed E-state index contributed by atoms with van der Waals surface area (Å²) in [7, 11) is 0. The lowest BCUT2D eigenvalue weighted by Crippen LogP contribution is -2.39. The van der Waals surface area contributed by atoms with Crippen LogP contribution in [0.2, 0.25) is 0 Å². The highest BCUT2D eigenvalue weighted by Crippen LogP contribution is 2.43. The number of halogens is 3. The second kappa shape index (κ2) is 5.89. The Balaban J connectivity index is 2.59. The normalized spacial score (nSPS) is 29.1. The average Bonchev–Trinajstić information content (AvgIpc) is 2.24. The highest BCUT2D eigenvalue weighted by atomic mass is 19.4. The monoisotopic (exact) mass is 238 g/mol. The molecule has 1 fully saturated rings. The number of hydrogen-bond donors (Lipinski definition) is 1. The molecule has 0 spiro atoms. The highest BCUT2D eigenvalue weighted by Gasteiger charge is 2.47. The van der Waals surface area contributed by atoms with Gasteiger partial charge in [0, 0.05) is 0 Å². The molecule has 1 saturated carbocycles. The van der Waals surface area contributed by atoms with Gasteiger partial charge in [0.2, 0.25) is 0 Å². The molecular weight excluding hydrogens is 217 g/mol. The fourth-order valence-corrected chi connectivity index (χ4v) is 2.65. The molecule has 1 N–H and O–H groups in total. The van der Waals surface area contributed by atoms with Gasteiger partial charge >= 0.3 is 6.18 Å². The van der Waals surface area contributed by atoms with Crippen molar-refractivity contribution in [3.05, 3.63) is 0 Å². The maximum Gasteiger partial charge on any atom is 0.392 e. The number of rotatable bonds is 4. The molecule has 0 amide bonds. The van der Waals surface area contributed by atoms with Gasteiger partial charge in [-0.1, -0.05) is 32.6 Å². The van der Waals surface area contributed by atoms with Gasteiger partial charge in [-0.3, -0.25) is 0 Å². The number of aliphatic hydroxyl groups is 1. The molecule has 1 aliphatic carbocycles. The van der Waals surface area contributed by atoms with Gasteiger partial charge in [0.25, 0.3) is 0 Å². The van der Waals surface area contributed by atoms with Crippen LogP contribution in [0.5, 0.6) is 0 Å². The van der Waals surface area contributed by atoms with Gasteiger partial charge in [0.15, 0.2) is 0 Å². The Labute approximate surface area is 95.0 Å². The lowest BCUT2D eigenvalue weighted by Gasteiger charge is -2.36. The molecule has 0 radical (unpaired) electrons. The SMILES string of the molecule is CCCCC(O)C1CCCCC1C(F)(F)F. The number of unbranched alkanes of at least 4 members (excludes halogenated alkanes) is 1. The summed E-state index contributed by atoms with van der Waals surface area (Å²) in [6.45, 7) is 1.98. The molecule has 0 saturated heterocycles. The van der Waals surface area contributed by atoms with Crippen LogP contribution < -0.4 is 0 Å². The van der Waals surface area contributed by atoms with Crippen molar-refractivity contribution in [2.24, 2.45) is 11.8 Å². The van der Waals surface area contributed by atoms with E-state index >= 15 is 0 Å². The summed E-state index contributed by atoms with van der Waals surface area (Å²) >= 11 is 0. The molecule has 0 aliphatic heterocycles. The fraction of sp³-hybridized carbons (Fsp3) is 1.00. The summed E-state index contributed by atoms with van der Waals surface area (Å²) in [6.07, 6.45) is -0.505. The van der Waals surface area contributed by atoms with E-state index in [9.17, 15) is 18.3 Å². The predicted molar refractivity (Wildman–Crippen MR) is 57.0 cm³/mol. The number of aliphatic hydroxyl groups excluding tert-OH is 1. The molecule has 3 atom stereocenters. The first-order valence-electron chi connectivity index (χ1n) is 6.21. The predicted octanol–water partition coefficient (Wildman–Crippen LogP) is 3.91. The number of hydrogen-bond acceptors (Lipinski definition) is 1. The van der Waals surface area contributed by atoms with E-state index in [1.54, 1.807) is 0 Å². The van der Waals surface area contributed by atoms with Crippen molar-refractivity contribution >= 4 is 0 Å². The third-order valence-corrected chi connectivity index (χ3v) is 3.59. The Bertz CT molecular complexity index is 203. The van der Waals surface area contributed by atoms with E-state index in [0.29, 0.717) is 19.3 Å². The van der Waals surface area contributed by atoms with Crippen LogP contribution in [0.25, 0.3) is 0 Å². The van der Waals surface area contributed by atoms with Crippen LogP contribution in [0.3, 0.4) is 0 Å². The Hall–Kier alpha value is -0.250. The molecule has 1 rings (SSSR count). The van der Waals surface area contributed by atoms with Gasteiger partial charge in [-0.2, -0.15) is 13.2 Å². The molecule has 0 bridgehead atoms. The van der Waals surface area contributed by atoms with E-state index in [0.717, 1.165) is 19.3 Å². The van der Waals surface area contributed by atoms with Crippen LogP contribution >= 0.6 is 0 Å². The third-order valence-electron chi connectivity index (χ3n) is 3.59. The summed E-state index contributed by atoms with van der Waals surface area (Å²) in [5.74, 6) is -1.85. The van der Waals surface area contributed by atoms with Crippen LogP contribution in [0.1, 0.15) is 51.9 Å². The zero-order valence-corrected chi connectivity index (χ0v) is 9.76. The smallest absolute Gasteiger partial charge is 0.392 e. The van der Waals surface area contributed by atoms with E-state index in [-0.39, 0.29) is 6.42 Å². The third kappa shape index (κ3) is 3.65. The Morgan fingerprint density at radius 1 is 1.25 bits per heavy atom. The van der Waals surface area contributed by atoms with Crippen LogP contribution in [0.4, 0.5) is 13.2 Å². The standard InChI is InChI=1S/C12H21F3O/c1-2-3-8-11(16)9-6-4-5-7-10(9)12(13,14)15/h9-11,16H,2-8H2,1H3. The van der Waals surface area contributed by atoms with E-state index in [2.05, 4.69) is 0 Å². The topological polar surface area (TPSA) is 20.2 Å². The fourth-order valence-electron chi connectivity index (χ4n) is 2.65. The van der Waals surface area contributed by atoms with Crippen LogP contribution in [0.15, 0.2) is 0 Å². The Morgan fingerprint density at radius 2 is 1.88 bits per heavy atom. The largest absolute Gasteiger partial charge is 0.393 e. The van der Waals surface area contributed by atoms with Crippen molar-refractivity contribution in [3.63, 3.8) is 0 Å². The summed E-state index contributed by atoms with van der Waals surface area (Å²) < 4.78 is 38.3. The van der Waals surface area contributed by atoms with Crippen LogP contribution in [-0.4, -0.2) is 17.4 Å². The molecule has 0 heterocycles. The minimum atomic E-state index is -4.14. The molecule has 4 heteroatoms. The molecule has 0 aromatic carbocycles. The van der Waals surface area contributed by atoms with Gasteiger partial charge in [-0.15, -0.1) is 0 Å². The minimum Gasteiger partial charge on any atom is -0.393 e. The zero-order chi connectivity index (χ0) is 12.2. The zero-order valence-electron chi connectivity index (χ0n) is 9.76. The van der Waals surface area contributed by atoms with Crippen molar-refractivity contribution in [1.82, 2.24) is 0 Å². The lowest BCUT2D eigenvalue weighted by molar-refractivity contribution is -0.207. The van der Waals surface area contributed by atoms with E-state index in [1.165, 1.54) is 0 Å². The quantitative estimate of drug-likeness (QED) is 0.787. The van der Waals surface area contributed by atoms with E-state index in [4.69, 9.17) is 0 Å². The van der Waals surface area contributed by atoms with Crippen molar-refractivity contribution in [1.29, 1.82) is 0 Å². The van der Waals surface area contributed by atoms with Gasteiger partial charge in [0.1, 0.15) is 0 Å². The van der Waals surface area contributed by atoms with Crippen molar-refractivity contribution in [2.45, 2.75) is 64.1 Å². The summed E-state index contributed by atoms with van der Waals surface area (Å²) in [5.41, 5.74) is 0. The molecule has 3 unspecified atom stereocenters. The molecule has 16 heavy (non-hydrogen) atoms. The van der Waals surface area contributed by atoms with E-state index < -0.39 is 24.1 Å². The molecule has 1 nitrogen and oxygen atoms in total.